The highest BCUT2D eigenvalue weighted by Crippen LogP contribution is 2.27. The summed E-state index contributed by atoms with van der Waals surface area (Å²) in [6, 6.07) is 17.3. The van der Waals surface area contributed by atoms with Gasteiger partial charge in [-0.15, -0.1) is 16.4 Å². The maximum Gasteiger partial charge on any atom is 0.261 e. The number of amides is 2. The van der Waals surface area contributed by atoms with E-state index in [1.165, 1.54) is 11.3 Å². The molecule has 42 heavy (non-hydrogen) atoms. The zero-order valence-electron chi connectivity index (χ0n) is 22.9. The molecule has 2 fully saturated rings. The third-order valence-corrected chi connectivity index (χ3v) is 8.74. The Morgan fingerprint density at radius 1 is 1.02 bits per heavy atom. The van der Waals surface area contributed by atoms with Gasteiger partial charge in [-0.25, -0.2) is 9.50 Å². The minimum Gasteiger partial charge on any atom is -0.378 e. The maximum absolute atomic E-state index is 13.1. The molecule has 0 aliphatic carbocycles. The Morgan fingerprint density at radius 2 is 1.86 bits per heavy atom. The van der Waals surface area contributed by atoms with Crippen LogP contribution in [0.25, 0.3) is 15.7 Å². The molecular weight excluding hydrogens is 552 g/mol. The first-order chi connectivity index (χ1) is 20.6. The fourth-order valence-electron chi connectivity index (χ4n) is 5.44. The van der Waals surface area contributed by atoms with E-state index in [2.05, 4.69) is 20.5 Å². The summed E-state index contributed by atoms with van der Waals surface area (Å²) in [7, 11) is 0. The van der Waals surface area contributed by atoms with E-state index in [-0.39, 0.29) is 17.9 Å². The summed E-state index contributed by atoms with van der Waals surface area (Å²) in [6.45, 7) is 3.73. The number of nitrogens with one attached hydrogen (secondary N) is 2. The fourth-order valence-corrected chi connectivity index (χ4v) is 6.41. The molecule has 0 bridgehead atoms. The molecule has 214 valence electrons. The first kappa shape index (κ1) is 26.4. The van der Waals surface area contributed by atoms with Crippen molar-refractivity contribution in [2.45, 2.75) is 18.9 Å². The number of hydrogen-bond acceptors (Lipinski definition) is 9. The second kappa shape index (κ2) is 11.4. The number of piperidine rings is 1. The second-order valence-electron chi connectivity index (χ2n) is 10.5. The minimum atomic E-state index is -0.0491. The van der Waals surface area contributed by atoms with Gasteiger partial charge in [0.25, 0.3) is 11.8 Å². The average molecular weight is 583 g/mol. The van der Waals surface area contributed by atoms with Crippen LogP contribution in [-0.4, -0.2) is 81.7 Å². The lowest BCUT2D eigenvalue weighted by atomic mass is 10.1. The molecule has 2 aromatic carbocycles. The van der Waals surface area contributed by atoms with Gasteiger partial charge < -0.3 is 25.2 Å². The van der Waals surface area contributed by atoms with Crippen LogP contribution in [0.1, 0.15) is 32.9 Å². The standard InChI is InChI=1S/C30H30N8O3S/c39-28(25-18-21-4-1-2-6-24(21)42-25)33-23-5-3-12-37(19-23)30-34-26(27-31-11-13-38(27)35-30)32-22-9-7-20(8-10-22)29(40)36-14-16-41-17-15-36/h1-2,4,6-11,13,18,23H,3,5,12,14-17,19H2,(H,33,39)(H,32,34,35)/t23-/m1/s1. The molecule has 2 N–H and O–H groups in total. The van der Waals surface area contributed by atoms with Crippen LogP contribution in [0.4, 0.5) is 17.5 Å². The molecule has 5 heterocycles. The molecule has 0 spiro atoms. The SMILES string of the molecule is O=C(N[C@@H]1CCCN(c2nc(Nc3ccc(C(=O)N4CCOCC4)cc3)c3nccn3n2)C1)c1cc2ccccc2s1. The summed E-state index contributed by atoms with van der Waals surface area (Å²) in [4.78, 5) is 39.8. The molecule has 2 saturated heterocycles. The zero-order chi connectivity index (χ0) is 28.5. The summed E-state index contributed by atoms with van der Waals surface area (Å²) in [6.07, 6.45) is 5.28. The lowest BCUT2D eigenvalue weighted by Gasteiger charge is -2.33. The number of benzene rings is 2. The van der Waals surface area contributed by atoms with Crippen LogP contribution in [0.5, 0.6) is 0 Å². The van der Waals surface area contributed by atoms with Gasteiger partial charge in [-0.05, 0) is 54.6 Å². The largest absolute Gasteiger partial charge is 0.378 e. The Balaban J connectivity index is 1.06. The van der Waals surface area contributed by atoms with E-state index in [1.807, 2.05) is 59.5 Å². The van der Waals surface area contributed by atoms with Crippen molar-refractivity contribution in [3.63, 3.8) is 0 Å². The van der Waals surface area contributed by atoms with Crippen LogP contribution < -0.4 is 15.5 Å². The molecule has 5 aromatic rings. The Hall–Kier alpha value is -4.55. The Labute approximate surface area is 246 Å². The van der Waals surface area contributed by atoms with Gasteiger partial charge in [-0.2, -0.15) is 4.98 Å². The van der Waals surface area contributed by atoms with E-state index in [9.17, 15) is 9.59 Å². The van der Waals surface area contributed by atoms with Gasteiger partial charge in [0.2, 0.25) is 5.95 Å². The summed E-state index contributed by atoms with van der Waals surface area (Å²) in [5.41, 5.74) is 2.02. The van der Waals surface area contributed by atoms with Gasteiger partial charge in [0, 0.05) is 60.6 Å². The third kappa shape index (κ3) is 5.38. The van der Waals surface area contributed by atoms with Gasteiger partial charge in [-0.1, -0.05) is 18.2 Å². The van der Waals surface area contributed by atoms with Crippen LogP contribution in [0, 0.1) is 0 Å². The second-order valence-corrected chi connectivity index (χ2v) is 11.6. The van der Waals surface area contributed by atoms with Gasteiger partial charge in [0.05, 0.1) is 18.1 Å². The summed E-state index contributed by atoms with van der Waals surface area (Å²) >= 11 is 1.51. The molecular formula is C30H30N8O3S. The Kier molecular flexibility index (Phi) is 7.14. The number of carbonyl (C=O) groups excluding carboxylic acids is 2. The number of aromatic nitrogens is 4. The molecule has 0 unspecified atom stereocenters. The van der Waals surface area contributed by atoms with Crippen molar-refractivity contribution in [1.29, 1.82) is 0 Å². The molecule has 2 amide bonds. The van der Waals surface area contributed by atoms with Crippen molar-refractivity contribution in [1.82, 2.24) is 29.8 Å². The van der Waals surface area contributed by atoms with Crippen LogP contribution >= 0.6 is 11.3 Å². The Morgan fingerprint density at radius 3 is 2.69 bits per heavy atom. The zero-order valence-corrected chi connectivity index (χ0v) is 23.7. The van der Waals surface area contributed by atoms with Crippen LogP contribution in [0.15, 0.2) is 67.0 Å². The van der Waals surface area contributed by atoms with Crippen LogP contribution in [0.3, 0.4) is 0 Å². The van der Waals surface area contributed by atoms with E-state index in [0.717, 1.165) is 35.2 Å². The first-order valence-corrected chi connectivity index (χ1v) is 14.9. The predicted octanol–water partition coefficient (Wildman–Crippen LogP) is 3.95. The highest BCUT2D eigenvalue weighted by molar-refractivity contribution is 7.20. The van der Waals surface area contributed by atoms with Gasteiger partial charge in [0.15, 0.2) is 11.5 Å². The number of morpholine rings is 1. The van der Waals surface area contributed by atoms with Crippen molar-refractivity contribution in [3.05, 3.63) is 77.4 Å². The number of imidazole rings is 1. The monoisotopic (exact) mass is 582 g/mol. The molecule has 2 aliphatic heterocycles. The molecule has 12 heteroatoms. The van der Waals surface area contributed by atoms with E-state index >= 15 is 0 Å². The molecule has 0 radical (unpaired) electrons. The number of hydrogen-bond donors (Lipinski definition) is 2. The van der Waals surface area contributed by atoms with E-state index in [4.69, 9.17) is 14.8 Å². The predicted molar refractivity (Wildman–Crippen MR) is 162 cm³/mol. The lowest BCUT2D eigenvalue weighted by molar-refractivity contribution is 0.0303. The Bertz CT molecular complexity index is 1710. The normalized spacial score (nSPS) is 17.5. The first-order valence-electron chi connectivity index (χ1n) is 14.1. The van der Waals surface area contributed by atoms with E-state index in [0.29, 0.717) is 60.7 Å². The van der Waals surface area contributed by atoms with Gasteiger partial charge in [0.1, 0.15) is 0 Å². The van der Waals surface area contributed by atoms with Gasteiger partial charge in [-0.3, -0.25) is 9.59 Å². The topological polar surface area (TPSA) is 117 Å². The number of carbonyl (C=O) groups is 2. The molecule has 7 rings (SSSR count). The van der Waals surface area contributed by atoms with Crippen LogP contribution in [-0.2, 0) is 4.74 Å². The third-order valence-electron chi connectivity index (χ3n) is 7.62. The van der Waals surface area contributed by atoms with E-state index in [1.54, 1.807) is 16.9 Å². The smallest absolute Gasteiger partial charge is 0.261 e. The highest BCUT2D eigenvalue weighted by Gasteiger charge is 2.26. The molecule has 11 nitrogen and oxygen atoms in total. The molecule has 1 atom stereocenters. The number of anilines is 3. The van der Waals surface area contributed by atoms with E-state index < -0.39 is 0 Å². The van der Waals surface area contributed by atoms with Crippen molar-refractivity contribution in [3.8, 4) is 0 Å². The fraction of sp³-hybridized carbons (Fsp3) is 0.300. The van der Waals surface area contributed by atoms with Crippen LogP contribution in [0.2, 0.25) is 0 Å². The highest BCUT2D eigenvalue weighted by atomic mass is 32.1. The number of rotatable bonds is 6. The van der Waals surface area contributed by atoms with Crippen molar-refractivity contribution in [2.75, 3.05) is 49.6 Å². The number of fused-ring (bicyclic) bond motifs is 2. The van der Waals surface area contributed by atoms with Crippen molar-refractivity contribution < 1.29 is 14.3 Å². The number of nitrogens with zero attached hydrogens (tertiary/aromatic N) is 6. The van der Waals surface area contributed by atoms with Gasteiger partial charge >= 0.3 is 0 Å². The lowest BCUT2D eigenvalue weighted by Crippen LogP contribution is -2.48. The molecule has 3 aromatic heterocycles. The summed E-state index contributed by atoms with van der Waals surface area (Å²) in [5.74, 6) is 1.08. The molecule has 2 aliphatic rings. The number of ether oxygens (including phenoxy) is 1. The summed E-state index contributed by atoms with van der Waals surface area (Å²) < 4.78 is 8.17. The van der Waals surface area contributed by atoms with Crippen molar-refractivity contribution >= 4 is 56.3 Å². The number of thiophene rings is 1. The summed E-state index contributed by atoms with van der Waals surface area (Å²) in [5, 5.41) is 12.4. The minimum absolute atomic E-state index is 0.00363. The molecule has 0 saturated carbocycles. The van der Waals surface area contributed by atoms with Crippen molar-refractivity contribution in [2.24, 2.45) is 0 Å². The maximum atomic E-state index is 13.1. The average Bonchev–Trinajstić information content (AvgIpc) is 3.69. The quantitative estimate of drug-likeness (QED) is 0.309.